The Hall–Kier alpha value is -3.78. The van der Waals surface area contributed by atoms with E-state index in [2.05, 4.69) is 14.9 Å². The third kappa shape index (κ3) is 5.97. The van der Waals surface area contributed by atoms with Gasteiger partial charge in [-0.05, 0) is 69.2 Å². The molecule has 2 amide bonds. The molecule has 4 rings (SSSR count). The molecule has 3 heterocycles. The molecule has 1 aliphatic heterocycles. The number of benzene rings is 1. The van der Waals surface area contributed by atoms with Crippen LogP contribution in [0.15, 0.2) is 67.1 Å². The summed E-state index contributed by atoms with van der Waals surface area (Å²) < 4.78 is 6.10. The van der Waals surface area contributed by atoms with Crippen LogP contribution in [0.4, 0.5) is 11.4 Å². The van der Waals surface area contributed by atoms with Crippen LogP contribution in [0.2, 0.25) is 0 Å². The van der Waals surface area contributed by atoms with Gasteiger partial charge in [-0.2, -0.15) is 0 Å². The van der Waals surface area contributed by atoms with Gasteiger partial charge in [-0.3, -0.25) is 24.5 Å². The Bertz CT molecular complexity index is 1180. The Kier molecular flexibility index (Phi) is 8.18. The summed E-state index contributed by atoms with van der Waals surface area (Å²) in [5.74, 6) is 0.251. The molecule has 3 aromatic rings. The minimum atomic E-state index is -1.13. The molecule has 194 valence electrons. The summed E-state index contributed by atoms with van der Waals surface area (Å²) in [5.41, 5.74) is 2.49. The summed E-state index contributed by atoms with van der Waals surface area (Å²) in [6, 6.07) is 15.6. The molecule has 0 saturated heterocycles. The van der Waals surface area contributed by atoms with Gasteiger partial charge in [-0.1, -0.05) is 6.07 Å². The maximum absolute atomic E-state index is 13.1. The first-order chi connectivity index (χ1) is 17.8. The minimum absolute atomic E-state index is 0.193. The van der Waals surface area contributed by atoms with Crippen molar-refractivity contribution in [3.63, 3.8) is 0 Å². The molecular formula is C29H35N5O3. The average Bonchev–Trinajstić information content (AvgIpc) is 2.96. The van der Waals surface area contributed by atoms with Crippen LogP contribution in [0.5, 0.6) is 5.75 Å². The van der Waals surface area contributed by atoms with Crippen LogP contribution < -0.4 is 14.5 Å². The Balaban J connectivity index is 1.42. The number of aromatic nitrogens is 2. The van der Waals surface area contributed by atoms with Crippen LogP contribution in [0.1, 0.15) is 38.4 Å². The lowest BCUT2D eigenvalue weighted by Gasteiger charge is -2.27. The summed E-state index contributed by atoms with van der Waals surface area (Å²) >= 11 is 0. The number of hydrogen-bond donors (Lipinski definition) is 0. The molecule has 2 aromatic heterocycles. The van der Waals surface area contributed by atoms with Gasteiger partial charge in [0.15, 0.2) is 0 Å². The fourth-order valence-corrected chi connectivity index (χ4v) is 4.63. The zero-order valence-electron chi connectivity index (χ0n) is 22.1. The monoisotopic (exact) mass is 501 g/mol. The number of hydrogen-bond acceptors (Lipinski definition) is 6. The highest BCUT2D eigenvalue weighted by atomic mass is 16.5. The molecular weight excluding hydrogens is 466 g/mol. The smallest absolute Gasteiger partial charge is 0.242 e. The van der Waals surface area contributed by atoms with Crippen LogP contribution in [-0.2, 0) is 22.7 Å². The normalized spacial score (nSPS) is 15.1. The number of amides is 2. The van der Waals surface area contributed by atoms with Gasteiger partial charge in [0.05, 0.1) is 23.7 Å². The van der Waals surface area contributed by atoms with E-state index in [1.807, 2.05) is 74.0 Å². The molecule has 0 unspecified atom stereocenters. The molecule has 1 aliphatic rings. The highest BCUT2D eigenvalue weighted by Gasteiger charge is 2.45. The number of ether oxygens (including phenoxy) is 1. The molecule has 0 bridgehead atoms. The van der Waals surface area contributed by atoms with Crippen molar-refractivity contribution in [3.8, 4) is 5.75 Å². The van der Waals surface area contributed by atoms with Crippen molar-refractivity contribution >= 4 is 23.2 Å². The third-order valence-electron chi connectivity index (χ3n) is 6.69. The number of rotatable bonds is 10. The van der Waals surface area contributed by atoms with Gasteiger partial charge in [0.2, 0.25) is 11.8 Å². The van der Waals surface area contributed by atoms with Crippen LogP contribution in [0, 0.1) is 5.41 Å². The van der Waals surface area contributed by atoms with E-state index in [-0.39, 0.29) is 11.8 Å². The van der Waals surface area contributed by atoms with Gasteiger partial charge in [0.25, 0.3) is 0 Å². The molecule has 0 atom stereocenters. The second-order valence-corrected chi connectivity index (χ2v) is 9.78. The number of anilines is 2. The van der Waals surface area contributed by atoms with E-state index in [0.29, 0.717) is 24.6 Å². The summed E-state index contributed by atoms with van der Waals surface area (Å²) in [4.78, 5) is 40.3. The van der Waals surface area contributed by atoms with Crippen molar-refractivity contribution in [2.24, 2.45) is 5.41 Å². The van der Waals surface area contributed by atoms with Crippen molar-refractivity contribution < 1.29 is 14.3 Å². The summed E-state index contributed by atoms with van der Waals surface area (Å²) in [5, 5.41) is 0. The predicted octanol–water partition coefficient (Wildman–Crippen LogP) is 4.30. The van der Waals surface area contributed by atoms with Crippen molar-refractivity contribution in [1.82, 2.24) is 14.9 Å². The van der Waals surface area contributed by atoms with E-state index >= 15 is 0 Å². The van der Waals surface area contributed by atoms with Gasteiger partial charge >= 0.3 is 0 Å². The molecule has 8 heteroatoms. The van der Waals surface area contributed by atoms with Crippen LogP contribution in [-0.4, -0.2) is 53.4 Å². The van der Waals surface area contributed by atoms with Crippen molar-refractivity contribution in [2.75, 3.05) is 36.5 Å². The fourth-order valence-electron chi connectivity index (χ4n) is 4.63. The summed E-state index contributed by atoms with van der Waals surface area (Å²) in [6.45, 7) is 8.65. The van der Waals surface area contributed by atoms with E-state index in [0.717, 1.165) is 37.4 Å². The van der Waals surface area contributed by atoms with Gasteiger partial charge in [0, 0.05) is 57.9 Å². The van der Waals surface area contributed by atoms with Crippen molar-refractivity contribution in [2.45, 2.75) is 40.3 Å². The number of carbonyl (C=O) groups excluding carboxylic acids is 2. The van der Waals surface area contributed by atoms with Gasteiger partial charge in [-0.15, -0.1) is 0 Å². The third-order valence-corrected chi connectivity index (χ3v) is 6.69. The lowest BCUT2D eigenvalue weighted by molar-refractivity contribution is -0.137. The number of fused-ring (bicyclic) bond motifs is 1. The number of nitrogens with zero attached hydrogens (tertiary/aromatic N) is 5. The van der Waals surface area contributed by atoms with Crippen LogP contribution in [0.25, 0.3) is 0 Å². The Morgan fingerprint density at radius 3 is 2.43 bits per heavy atom. The molecule has 8 nitrogen and oxygen atoms in total. The summed E-state index contributed by atoms with van der Waals surface area (Å²) in [6.07, 6.45) is 6.26. The quantitative estimate of drug-likeness (QED) is 0.304. The van der Waals surface area contributed by atoms with Crippen LogP contribution >= 0.6 is 0 Å². The SMILES string of the molecule is CCN1C(=O)C(C)(C)C(=O)N(C)c2cc(OCCCN(Cc3ccncc3)Cc3ccccn3)ccc21. The Labute approximate surface area is 218 Å². The van der Waals surface area contributed by atoms with E-state index in [4.69, 9.17) is 4.74 Å². The van der Waals surface area contributed by atoms with Crippen molar-refractivity contribution in [3.05, 3.63) is 78.4 Å². The molecule has 0 spiro atoms. The topological polar surface area (TPSA) is 78.9 Å². The Morgan fingerprint density at radius 2 is 1.73 bits per heavy atom. The maximum atomic E-state index is 13.1. The minimum Gasteiger partial charge on any atom is -0.493 e. The van der Waals surface area contributed by atoms with Gasteiger partial charge < -0.3 is 14.5 Å². The molecule has 1 aromatic carbocycles. The van der Waals surface area contributed by atoms with E-state index < -0.39 is 5.41 Å². The average molecular weight is 502 g/mol. The first kappa shape index (κ1) is 26.3. The zero-order chi connectivity index (χ0) is 26.4. The maximum Gasteiger partial charge on any atom is 0.242 e. The molecule has 0 N–H and O–H groups in total. The number of pyridine rings is 2. The molecule has 0 fully saturated rings. The zero-order valence-corrected chi connectivity index (χ0v) is 22.1. The first-order valence-electron chi connectivity index (χ1n) is 12.7. The Morgan fingerprint density at radius 1 is 0.946 bits per heavy atom. The van der Waals surface area contributed by atoms with E-state index in [1.165, 1.54) is 5.56 Å². The molecule has 0 aliphatic carbocycles. The lowest BCUT2D eigenvalue weighted by atomic mass is 9.90. The van der Waals surface area contributed by atoms with Gasteiger partial charge in [0.1, 0.15) is 11.2 Å². The summed E-state index contributed by atoms with van der Waals surface area (Å²) in [7, 11) is 1.72. The fraction of sp³-hybridized carbons (Fsp3) is 0.379. The number of carbonyl (C=O) groups is 2. The van der Waals surface area contributed by atoms with Crippen molar-refractivity contribution in [1.29, 1.82) is 0 Å². The van der Waals surface area contributed by atoms with E-state index in [1.54, 1.807) is 30.7 Å². The van der Waals surface area contributed by atoms with E-state index in [9.17, 15) is 9.59 Å². The molecule has 37 heavy (non-hydrogen) atoms. The predicted molar refractivity (Wildman–Crippen MR) is 144 cm³/mol. The largest absolute Gasteiger partial charge is 0.493 e. The molecule has 0 saturated carbocycles. The second-order valence-electron chi connectivity index (χ2n) is 9.78. The van der Waals surface area contributed by atoms with Gasteiger partial charge in [-0.25, -0.2) is 0 Å². The lowest BCUT2D eigenvalue weighted by Crippen LogP contribution is -2.47. The standard InChI is InChI=1S/C29H35N5O3/c1-5-34-25-11-10-24(19-26(25)32(4)27(35)29(2,3)28(34)36)37-18-8-17-33(20-22-12-15-30-16-13-22)21-23-9-6-7-14-31-23/h6-7,9-16,19H,5,8,17-18,20-21H2,1-4H3. The molecule has 0 radical (unpaired) electrons. The van der Waals surface area contributed by atoms with Crippen LogP contribution in [0.3, 0.4) is 0 Å². The first-order valence-corrected chi connectivity index (χ1v) is 12.7. The highest BCUT2D eigenvalue weighted by molar-refractivity contribution is 6.20. The highest BCUT2D eigenvalue weighted by Crippen LogP contribution is 2.40. The second kappa shape index (κ2) is 11.5.